The van der Waals surface area contributed by atoms with Crippen LogP contribution in [0.1, 0.15) is 17.0 Å². The maximum absolute atomic E-state index is 13.3. The Balaban J connectivity index is 2.26. The summed E-state index contributed by atoms with van der Waals surface area (Å²) in [6, 6.07) is 11.8. The fourth-order valence-electron chi connectivity index (χ4n) is 2.06. The predicted octanol–water partition coefficient (Wildman–Crippen LogP) is 4.42. The molecule has 0 saturated heterocycles. The fourth-order valence-corrected chi connectivity index (χ4v) is 2.45. The predicted molar refractivity (Wildman–Crippen MR) is 78.4 cm³/mol. The molecule has 0 spiro atoms. The number of hydrogen-bond donors (Lipinski definition) is 1. The molecule has 0 aromatic heterocycles. The molecule has 2 aromatic carbocycles. The first-order chi connectivity index (χ1) is 9.10. The van der Waals surface area contributed by atoms with Crippen LogP contribution < -0.4 is 5.73 Å². The smallest absolute Gasteiger partial charge is 0.123 e. The second-order valence-electron chi connectivity index (χ2n) is 4.43. The Morgan fingerprint density at radius 2 is 1.89 bits per heavy atom. The lowest BCUT2D eigenvalue weighted by Gasteiger charge is -2.16. The average Bonchev–Trinajstić information content (AvgIpc) is 2.39. The SMILES string of the molecule is NCC(Cc1cc(Cl)ccc1Cl)c1cccc(F)c1. The average molecular weight is 298 g/mol. The van der Waals surface area contributed by atoms with Crippen molar-refractivity contribution in [2.24, 2.45) is 5.73 Å². The minimum Gasteiger partial charge on any atom is -0.330 e. The van der Waals surface area contributed by atoms with Gasteiger partial charge in [0.25, 0.3) is 0 Å². The molecular weight excluding hydrogens is 284 g/mol. The molecule has 0 bridgehead atoms. The van der Waals surface area contributed by atoms with Gasteiger partial charge in [-0.25, -0.2) is 4.39 Å². The first kappa shape index (κ1) is 14.3. The van der Waals surface area contributed by atoms with E-state index in [0.717, 1.165) is 11.1 Å². The molecule has 100 valence electrons. The Kier molecular flexibility index (Phi) is 4.81. The van der Waals surface area contributed by atoms with Crippen LogP contribution in [-0.4, -0.2) is 6.54 Å². The van der Waals surface area contributed by atoms with Gasteiger partial charge in [-0.1, -0.05) is 35.3 Å². The van der Waals surface area contributed by atoms with Crippen molar-refractivity contribution < 1.29 is 4.39 Å². The van der Waals surface area contributed by atoms with E-state index in [2.05, 4.69) is 0 Å². The van der Waals surface area contributed by atoms with Crippen LogP contribution in [0.3, 0.4) is 0 Å². The lowest BCUT2D eigenvalue weighted by molar-refractivity contribution is 0.616. The third-order valence-corrected chi connectivity index (χ3v) is 3.68. The van der Waals surface area contributed by atoms with E-state index in [1.165, 1.54) is 12.1 Å². The van der Waals surface area contributed by atoms with E-state index >= 15 is 0 Å². The van der Waals surface area contributed by atoms with E-state index in [1.807, 2.05) is 12.1 Å². The zero-order valence-corrected chi connectivity index (χ0v) is 11.8. The molecule has 2 N–H and O–H groups in total. The Hall–Kier alpha value is -1.09. The zero-order valence-electron chi connectivity index (χ0n) is 10.2. The molecule has 0 fully saturated rings. The zero-order chi connectivity index (χ0) is 13.8. The van der Waals surface area contributed by atoms with Crippen LogP contribution in [-0.2, 0) is 6.42 Å². The first-order valence-electron chi connectivity index (χ1n) is 5.99. The summed E-state index contributed by atoms with van der Waals surface area (Å²) in [5.41, 5.74) is 7.59. The Morgan fingerprint density at radius 1 is 1.11 bits per heavy atom. The molecular formula is C15H14Cl2FN. The molecule has 0 amide bonds. The van der Waals surface area contributed by atoms with Gasteiger partial charge < -0.3 is 5.73 Å². The number of hydrogen-bond acceptors (Lipinski definition) is 1. The van der Waals surface area contributed by atoms with Gasteiger partial charge in [0.2, 0.25) is 0 Å². The van der Waals surface area contributed by atoms with E-state index in [9.17, 15) is 4.39 Å². The molecule has 2 aromatic rings. The molecule has 0 saturated carbocycles. The van der Waals surface area contributed by atoms with E-state index in [-0.39, 0.29) is 11.7 Å². The van der Waals surface area contributed by atoms with Crippen molar-refractivity contribution in [3.8, 4) is 0 Å². The van der Waals surface area contributed by atoms with Gasteiger partial charge in [0, 0.05) is 16.0 Å². The Labute approximate surface area is 122 Å². The summed E-state index contributed by atoms with van der Waals surface area (Å²) < 4.78 is 13.3. The highest BCUT2D eigenvalue weighted by Crippen LogP contribution is 2.27. The number of nitrogens with two attached hydrogens (primary N) is 1. The molecule has 4 heteroatoms. The highest BCUT2D eigenvalue weighted by molar-refractivity contribution is 6.33. The lowest BCUT2D eigenvalue weighted by atomic mass is 9.92. The van der Waals surface area contributed by atoms with Crippen molar-refractivity contribution in [3.63, 3.8) is 0 Å². The van der Waals surface area contributed by atoms with E-state index in [0.29, 0.717) is 23.0 Å². The van der Waals surface area contributed by atoms with Gasteiger partial charge in [0.15, 0.2) is 0 Å². The van der Waals surface area contributed by atoms with Gasteiger partial charge in [-0.3, -0.25) is 0 Å². The molecule has 1 nitrogen and oxygen atoms in total. The van der Waals surface area contributed by atoms with Crippen LogP contribution in [0.2, 0.25) is 10.0 Å². The van der Waals surface area contributed by atoms with Crippen molar-refractivity contribution in [2.75, 3.05) is 6.54 Å². The Bertz CT molecular complexity index is 572. The van der Waals surface area contributed by atoms with Crippen molar-refractivity contribution in [2.45, 2.75) is 12.3 Å². The summed E-state index contributed by atoms with van der Waals surface area (Å²) in [7, 11) is 0. The second-order valence-corrected chi connectivity index (χ2v) is 5.27. The van der Waals surface area contributed by atoms with Crippen molar-refractivity contribution in [1.82, 2.24) is 0 Å². The van der Waals surface area contributed by atoms with Gasteiger partial charge in [-0.2, -0.15) is 0 Å². The van der Waals surface area contributed by atoms with Crippen LogP contribution in [0, 0.1) is 5.82 Å². The largest absolute Gasteiger partial charge is 0.330 e. The molecule has 0 heterocycles. The molecule has 0 radical (unpaired) electrons. The normalized spacial score (nSPS) is 12.4. The minimum atomic E-state index is -0.256. The summed E-state index contributed by atoms with van der Waals surface area (Å²) in [6.45, 7) is 0.423. The van der Waals surface area contributed by atoms with E-state index in [1.54, 1.807) is 18.2 Å². The quantitative estimate of drug-likeness (QED) is 0.888. The van der Waals surface area contributed by atoms with Crippen LogP contribution >= 0.6 is 23.2 Å². The third-order valence-electron chi connectivity index (χ3n) is 3.08. The number of rotatable bonds is 4. The molecule has 0 aliphatic heterocycles. The maximum atomic E-state index is 13.3. The number of benzene rings is 2. The van der Waals surface area contributed by atoms with Gasteiger partial charge in [0.1, 0.15) is 5.82 Å². The van der Waals surface area contributed by atoms with Gasteiger partial charge in [-0.15, -0.1) is 0 Å². The van der Waals surface area contributed by atoms with Gasteiger partial charge >= 0.3 is 0 Å². The monoisotopic (exact) mass is 297 g/mol. The first-order valence-corrected chi connectivity index (χ1v) is 6.75. The van der Waals surface area contributed by atoms with Crippen molar-refractivity contribution in [3.05, 3.63) is 69.5 Å². The topological polar surface area (TPSA) is 26.0 Å². The van der Waals surface area contributed by atoms with Crippen LogP contribution in [0.15, 0.2) is 42.5 Å². The fraction of sp³-hybridized carbons (Fsp3) is 0.200. The highest BCUT2D eigenvalue weighted by Gasteiger charge is 2.13. The van der Waals surface area contributed by atoms with Gasteiger partial charge in [0.05, 0.1) is 0 Å². The van der Waals surface area contributed by atoms with Gasteiger partial charge in [-0.05, 0) is 54.4 Å². The summed E-state index contributed by atoms with van der Waals surface area (Å²) in [4.78, 5) is 0. The summed E-state index contributed by atoms with van der Waals surface area (Å²) in [5.74, 6) is -0.236. The van der Waals surface area contributed by atoms with Crippen molar-refractivity contribution in [1.29, 1.82) is 0 Å². The molecule has 0 aliphatic carbocycles. The Morgan fingerprint density at radius 3 is 2.58 bits per heavy atom. The summed E-state index contributed by atoms with van der Waals surface area (Å²) >= 11 is 12.1. The highest BCUT2D eigenvalue weighted by atomic mass is 35.5. The third kappa shape index (κ3) is 3.69. The molecule has 2 rings (SSSR count). The van der Waals surface area contributed by atoms with Crippen LogP contribution in [0.5, 0.6) is 0 Å². The molecule has 0 aliphatic rings. The second kappa shape index (κ2) is 6.38. The maximum Gasteiger partial charge on any atom is 0.123 e. The minimum absolute atomic E-state index is 0.0201. The lowest BCUT2D eigenvalue weighted by Crippen LogP contribution is -2.15. The molecule has 1 unspecified atom stereocenters. The van der Waals surface area contributed by atoms with Crippen molar-refractivity contribution >= 4 is 23.2 Å². The van der Waals surface area contributed by atoms with E-state index in [4.69, 9.17) is 28.9 Å². The number of halogens is 3. The summed E-state index contributed by atoms with van der Waals surface area (Å²) in [6.07, 6.45) is 0.638. The standard InChI is InChI=1S/C15H14Cl2FN/c16-13-4-5-15(17)11(7-13)6-12(9-19)10-2-1-3-14(18)8-10/h1-5,7-8,12H,6,9,19H2. The summed E-state index contributed by atoms with van der Waals surface area (Å²) in [5, 5.41) is 1.29. The molecule has 1 atom stereocenters. The van der Waals surface area contributed by atoms with Crippen LogP contribution in [0.4, 0.5) is 4.39 Å². The van der Waals surface area contributed by atoms with E-state index < -0.39 is 0 Å². The van der Waals surface area contributed by atoms with Crippen LogP contribution in [0.25, 0.3) is 0 Å². The molecule has 19 heavy (non-hydrogen) atoms.